The van der Waals surface area contributed by atoms with E-state index in [0.29, 0.717) is 29.0 Å². The molecule has 0 spiro atoms. The highest BCUT2D eigenvalue weighted by Gasteiger charge is 2.41. The first-order chi connectivity index (χ1) is 15.5. The van der Waals surface area contributed by atoms with Gasteiger partial charge in [-0.15, -0.1) is 0 Å². The van der Waals surface area contributed by atoms with E-state index in [1.54, 1.807) is 57.3 Å². The number of nitrogens with zero attached hydrogens (tertiary/aromatic N) is 1. The Morgan fingerprint density at radius 2 is 1.88 bits per heavy atom. The predicted octanol–water partition coefficient (Wildman–Crippen LogP) is 5.24. The van der Waals surface area contributed by atoms with Gasteiger partial charge in [0.25, 0.3) is 0 Å². The zero-order valence-electron chi connectivity index (χ0n) is 19.2. The Bertz CT molecular complexity index is 1100. The molecule has 0 aromatic heterocycles. The number of hydrogen-bond donors (Lipinski definition) is 1. The molecule has 0 aliphatic carbocycles. The molecule has 33 heavy (non-hydrogen) atoms. The van der Waals surface area contributed by atoms with Crippen LogP contribution in [0.15, 0.2) is 53.5 Å². The topological polar surface area (TPSA) is 85.2 Å². The molecule has 0 fully saturated rings. The molecule has 0 radical (unpaired) electrons. The number of aromatic carboxylic acids is 1. The van der Waals surface area contributed by atoms with Crippen LogP contribution in [-0.2, 0) is 16.0 Å². The Hall–Kier alpha value is -3.48. The van der Waals surface area contributed by atoms with E-state index in [0.717, 1.165) is 12.5 Å². The fourth-order valence-electron chi connectivity index (χ4n) is 3.51. The third-order valence-corrected chi connectivity index (χ3v) is 4.98. The summed E-state index contributed by atoms with van der Waals surface area (Å²) >= 11 is 0. The molecule has 1 N–H and O–H groups in total. The molecule has 2 aromatic rings. The average Bonchev–Trinajstić information content (AvgIpc) is 3.21. The number of carbonyl (C=O) groups excluding carboxylic acids is 1. The Morgan fingerprint density at radius 1 is 1.12 bits per heavy atom. The molecular weight excluding hydrogens is 425 g/mol. The van der Waals surface area contributed by atoms with Gasteiger partial charge in [-0.2, -0.15) is 0 Å². The number of halogens is 1. The molecule has 7 heteroatoms. The molecule has 0 bridgehead atoms. The summed E-state index contributed by atoms with van der Waals surface area (Å²) in [6.07, 6.45) is 5.92. The van der Waals surface area contributed by atoms with Crippen molar-refractivity contribution in [3.05, 3.63) is 65.5 Å². The molecule has 0 amide bonds. The van der Waals surface area contributed by atoms with Gasteiger partial charge in [-0.3, -0.25) is 4.99 Å². The van der Waals surface area contributed by atoms with Gasteiger partial charge in [0, 0.05) is 12.6 Å². The maximum atomic E-state index is 14.1. The van der Waals surface area contributed by atoms with Crippen molar-refractivity contribution < 1.29 is 28.6 Å². The predicted molar refractivity (Wildman–Crippen MR) is 124 cm³/mol. The summed E-state index contributed by atoms with van der Waals surface area (Å²) in [5.74, 6) is -1.76. The van der Waals surface area contributed by atoms with Crippen molar-refractivity contribution in [3.8, 4) is 16.9 Å². The second-order valence-electron chi connectivity index (χ2n) is 8.94. The molecule has 1 aliphatic heterocycles. The highest BCUT2D eigenvalue weighted by molar-refractivity contribution is 5.92. The zero-order valence-corrected chi connectivity index (χ0v) is 19.2. The molecule has 1 atom stereocenters. The number of allylic oxidation sites excluding steroid dienone is 1. The van der Waals surface area contributed by atoms with Crippen molar-refractivity contribution >= 4 is 18.2 Å². The van der Waals surface area contributed by atoms with Crippen LogP contribution < -0.4 is 4.74 Å². The van der Waals surface area contributed by atoms with Crippen molar-refractivity contribution in [3.63, 3.8) is 0 Å². The fourth-order valence-corrected chi connectivity index (χ4v) is 3.51. The van der Waals surface area contributed by atoms with E-state index in [4.69, 9.17) is 9.47 Å². The molecule has 0 saturated carbocycles. The molecule has 6 nitrogen and oxygen atoms in total. The van der Waals surface area contributed by atoms with Gasteiger partial charge in [-0.05, 0) is 86.4 Å². The third kappa shape index (κ3) is 5.86. The molecular formula is C26H28FNO5. The summed E-state index contributed by atoms with van der Waals surface area (Å²) in [6.45, 7) is 7.85. The van der Waals surface area contributed by atoms with Gasteiger partial charge in [0.1, 0.15) is 17.2 Å². The standard InChI is InChI=1S/C26H28FNO5/c1-5-11-32-22-8-7-17(18-13-19(23(29)30)15-21(27)14-18)12-20(22)16-26(9-6-10-28-26)24(31)33-25(2,3)4/h6-10,12-15H,5,11,16H2,1-4H3,(H,29,30). The second-order valence-corrected chi connectivity index (χ2v) is 8.94. The van der Waals surface area contributed by atoms with E-state index in [-0.39, 0.29) is 12.0 Å². The Balaban J connectivity index is 2.06. The minimum Gasteiger partial charge on any atom is -0.493 e. The Kier molecular flexibility index (Phi) is 7.01. The summed E-state index contributed by atoms with van der Waals surface area (Å²) in [6, 6.07) is 8.92. The van der Waals surface area contributed by atoms with E-state index in [1.807, 2.05) is 6.92 Å². The van der Waals surface area contributed by atoms with Gasteiger partial charge in [0.2, 0.25) is 0 Å². The van der Waals surface area contributed by atoms with Crippen LogP contribution in [0.2, 0.25) is 0 Å². The number of hydrogen-bond acceptors (Lipinski definition) is 5. The molecule has 1 unspecified atom stereocenters. The van der Waals surface area contributed by atoms with Gasteiger partial charge in [0.05, 0.1) is 12.2 Å². The maximum Gasteiger partial charge on any atom is 0.338 e. The molecule has 1 aliphatic rings. The number of esters is 1. The zero-order chi connectivity index (χ0) is 24.2. The number of carboxylic acid groups (broad SMARTS) is 1. The number of carbonyl (C=O) groups is 2. The summed E-state index contributed by atoms with van der Waals surface area (Å²) < 4.78 is 25.6. The van der Waals surface area contributed by atoms with Crippen LogP contribution in [0.3, 0.4) is 0 Å². The quantitative estimate of drug-likeness (QED) is 0.552. The monoisotopic (exact) mass is 453 g/mol. The van der Waals surface area contributed by atoms with Crippen molar-refractivity contribution in [1.82, 2.24) is 0 Å². The normalized spacial score (nSPS) is 17.2. The van der Waals surface area contributed by atoms with Crippen LogP contribution in [-0.4, -0.2) is 41.0 Å². The first kappa shape index (κ1) is 24.2. The first-order valence-electron chi connectivity index (χ1n) is 10.8. The van der Waals surface area contributed by atoms with E-state index in [2.05, 4.69) is 4.99 Å². The van der Waals surface area contributed by atoms with Crippen molar-refractivity contribution in [2.24, 2.45) is 4.99 Å². The largest absolute Gasteiger partial charge is 0.493 e. The molecule has 3 rings (SSSR count). The van der Waals surface area contributed by atoms with E-state index in [9.17, 15) is 19.1 Å². The minimum atomic E-state index is -1.25. The van der Waals surface area contributed by atoms with Crippen LogP contribution in [0.1, 0.15) is 50.0 Å². The highest BCUT2D eigenvalue weighted by Crippen LogP contribution is 2.34. The maximum absolute atomic E-state index is 14.1. The van der Waals surface area contributed by atoms with Crippen molar-refractivity contribution in [1.29, 1.82) is 0 Å². The second kappa shape index (κ2) is 9.57. The lowest BCUT2D eigenvalue weighted by Crippen LogP contribution is -2.41. The van der Waals surface area contributed by atoms with Gasteiger partial charge < -0.3 is 14.6 Å². The van der Waals surface area contributed by atoms with Crippen LogP contribution in [0, 0.1) is 5.82 Å². The number of benzene rings is 2. The van der Waals surface area contributed by atoms with Crippen LogP contribution in [0.5, 0.6) is 5.75 Å². The first-order valence-corrected chi connectivity index (χ1v) is 10.8. The lowest BCUT2D eigenvalue weighted by atomic mass is 9.89. The number of ether oxygens (including phenoxy) is 2. The van der Waals surface area contributed by atoms with Crippen molar-refractivity contribution in [2.75, 3.05) is 6.61 Å². The summed E-state index contributed by atoms with van der Waals surface area (Å²) in [5, 5.41) is 9.29. The Morgan fingerprint density at radius 3 is 2.48 bits per heavy atom. The van der Waals surface area contributed by atoms with Crippen LogP contribution >= 0.6 is 0 Å². The molecule has 174 valence electrons. The van der Waals surface area contributed by atoms with Gasteiger partial charge in [0.15, 0.2) is 5.54 Å². The Labute approximate surface area is 192 Å². The third-order valence-electron chi connectivity index (χ3n) is 4.98. The molecule has 2 aromatic carbocycles. The van der Waals surface area contributed by atoms with Crippen LogP contribution in [0.4, 0.5) is 4.39 Å². The van der Waals surface area contributed by atoms with Crippen LogP contribution in [0.25, 0.3) is 11.1 Å². The minimum absolute atomic E-state index is 0.147. The summed E-state index contributed by atoms with van der Waals surface area (Å²) in [4.78, 5) is 28.9. The van der Waals surface area contributed by atoms with E-state index in [1.165, 1.54) is 12.1 Å². The lowest BCUT2D eigenvalue weighted by Gasteiger charge is -2.28. The van der Waals surface area contributed by atoms with Gasteiger partial charge in [-0.1, -0.05) is 13.0 Å². The molecule has 1 heterocycles. The number of carboxylic acids is 1. The smallest absolute Gasteiger partial charge is 0.338 e. The van der Waals surface area contributed by atoms with Gasteiger partial charge in [-0.25, -0.2) is 14.0 Å². The van der Waals surface area contributed by atoms with Crippen molar-refractivity contribution in [2.45, 2.75) is 51.7 Å². The average molecular weight is 454 g/mol. The fraction of sp³-hybridized carbons (Fsp3) is 0.346. The molecule has 0 saturated heterocycles. The lowest BCUT2D eigenvalue weighted by molar-refractivity contribution is -0.159. The summed E-state index contributed by atoms with van der Waals surface area (Å²) in [5.41, 5.74) is -0.393. The van der Waals surface area contributed by atoms with E-state index >= 15 is 0 Å². The summed E-state index contributed by atoms with van der Waals surface area (Å²) in [7, 11) is 0. The van der Waals surface area contributed by atoms with E-state index < -0.39 is 28.9 Å². The highest BCUT2D eigenvalue weighted by atomic mass is 19.1. The SMILES string of the molecule is CCCOc1ccc(-c2cc(F)cc(C(=O)O)c2)cc1CC1(C(=O)OC(C)(C)C)C=CC=N1. The number of rotatable bonds is 8. The van der Waals surface area contributed by atoms with Gasteiger partial charge >= 0.3 is 11.9 Å². The number of aliphatic imine (C=N–C) groups is 1.